The maximum Gasteiger partial charge on any atom is 0.335 e. The quantitative estimate of drug-likeness (QED) is 0.618. The predicted molar refractivity (Wildman–Crippen MR) is 115 cm³/mol. The van der Waals surface area contributed by atoms with E-state index in [4.69, 9.17) is 4.74 Å². The molecule has 2 aromatic carbocycles. The molecule has 1 aliphatic heterocycles. The number of methoxy groups -OCH3 is 1. The van der Waals surface area contributed by atoms with Gasteiger partial charge in [0.15, 0.2) is 0 Å². The molecule has 3 aromatic rings. The number of carboxylic acid groups (broad SMARTS) is 1. The molecule has 1 fully saturated rings. The Hall–Kier alpha value is -2.79. The third-order valence-electron chi connectivity index (χ3n) is 6.28. The summed E-state index contributed by atoms with van der Waals surface area (Å²) in [4.78, 5) is 17.1. The van der Waals surface area contributed by atoms with Crippen molar-refractivity contribution in [1.29, 1.82) is 0 Å². The summed E-state index contributed by atoms with van der Waals surface area (Å²) in [6, 6.07) is 12.3. The van der Waals surface area contributed by atoms with Crippen molar-refractivity contribution in [1.82, 2.24) is 9.88 Å². The lowest BCUT2D eigenvalue weighted by atomic mass is 9.90. The van der Waals surface area contributed by atoms with Crippen molar-refractivity contribution in [2.24, 2.45) is 0 Å². The summed E-state index contributed by atoms with van der Waals surface area (Å²) in [6.45, 7) is 5.18. The molecule has 5 nitrogen and oxygen atoms in total. The molecule has 0 saturated carbocycles. The first-order valence-electron chi connectivity index (χ1n) is 10.2. The van der Waals surface area contributed by atoms with Gasteiger partial charge in [0.1, 0.15) is 5.75 Å². The van der Waals surface area contributed by atoms with Gasteiger partial charge in [-0.1, -0.05) is 18.6 Å². The summed E-state index contributed by atoms with van der Waals surface area (Å²) in [7, 11) is 1.73. The number of carboxylic acids is 1. The number of benzene rings is 2. The van der Waals surface area contributed by atoms with Gasteiger partial charge in [0.05, 0.1) is 12.7 Å². The van der Waals surface area contributed by atoms with E-state index in [1.165, 1.54) is 28.5 Å². The number of ether oxygens (including phenoxy) is 1. The van der Waals surface area contributed by atoms with E-state index in [1.54, 1.807) is 19.2 Å². The molecule has 2 N–H and O–H groups in total. The Morgan fingerprint density at radius 3 is 2.69 bits per heavy atom. The summed E-state index contributed by atoms with van der Waals surface area (Å²) in [6.07, 6.45) is 5.39. The molecule has 1 aromatic heterocycles. The van der Waals surface area contributed by atoms with Crippen LogP contribution in [0.2, 0.25) is 0 Å². The van der Waals surface area contributed by atoms with Crippen molar-refractivity contribution in [2.75, 3.05) is 7.11 Å². The van der Waals surface area contributed by atoms with E-state index in [0.29, 0.717) is 11.6 Å². The zero-order valence-electron chi connectivity index (χ0n) is 17.2. The number of aromatic carboxylic acids is 1. The average molecular weight is 392 g/mol. The van der Waals surface area contributed by atoms with Crippen molar-refractivity contribution in [3.8, 4) is 5.75 Å². The van der Waals surface area contributed by atoms with Gasteiger partial charge in [-0.2, -0.15) is 0 Å². The number of nitrogens with zero attached hydrogens (tertiary/aromatic N) is 1. The minimum Gasteiger partial charge on any atom is -0.496 e. The van der Waals surface area contributed by atoms with Gasteiger partial charge in [-0.05, 0) is 62.1 Å². The molecule has 0 spiro atoms. The molecule has 4 rings (SSSR count). The first kappa shape index (κ1) is 19.5. The first-order valence-corrected chi connectivity index (χ1v) is 10.2. The van der Waals surface area contributed by atoms with Crippen LogP contribution in [0.5, 0.6) is 5.75 Å². The van der Waals surface area contributed by atoms with Gasteiger partial charge in [-0.25, -0.2) is 4.79 Å². The standard InChI is InChI=1S/C24H28N2O3/c1-15-13-22(29-3)20(19-11-12-25-23(15)19)14-26-16(2)5-4-6-21(26)17-7-9-18(10-8-17)24(27)28/h7-13,16,21,25H,4-6,14H2,1-3H3,(H,27,28)/t16-,21?/m0/s1. The summed E-state index contributed by atoms with van der Waals surface area (Å²) >= 11 is 0. The first-order chi connectivity index (χ1) is 14.0. The summed E-state index contributed by atoms with van der Waals surface area (Å²) in [5.41, 5.74) is 5.05. The number of aromatic amines is 1. The van der Waals surface area contributed by atoms with Gasteiger partial charge in [0.25, 0.3) is 0 Å². The number of hydrogen-bond donors (Lipinski definition) is 2. The predicted octanol–water partition coefficient (Wildman–Crippen LogP) is 5.30. The third kappa shape index (κ3) is 3.62. The van der Waals surface area contributed by atoms with Gasteiger partial charge >= 0.3 is 5.97 Å². The number of H-pyrrole nitrogens is 1. The molecule has 1 saturated heterocycles. The highest BCUT2D eigenvalue weighted by Crippen LogP contribution is 2.39. The van der Waals surface area contributed by atoms with Crippen LogP contribution in [0.25, 0.3) is 10.9 Å². The molecule has 1 aliphatic rings. The van der Waals surface area contributed by atoms with Gasteiger partial charge in [0.2, 0.25) is 0 Å². The fourth-order valence-electron chi connectivity index (χ4n) is 4.68. The summed E-state index contributed by atoms with van der Waals surface area (Å²) < 4.78 is 5.76. The summed E-state index contributed by atoms with van der Waals surface area (Å²) in [5, 5.41) is 10.4. The molecule has 0 bridgehead atoms. The number of nitrogens with one attached hydrogen (secondary N) is 1. The average Bonchev–Trinajstić information content (AvgIpc) is 3.21. The number of aryl methyl sites for hydroxylation is 1. The van der Waals surface area contributed by atoms with Crippen LogP contribution >= 0.6 is 0 Å². The highest BCUT2D eigenvalue weighted by atomic mass is 16.5. The van der Waals surface area contributed by atoms with E-state index in [1.807, 2.05) is 18.3 Å². The van der Waals surface area contributed by atoms with Gasteiger partial charge < -0.3 is 14.8 Å². The number of piperidine rings is 1. The molecule has 2 atom stereocenters. The van der Waals surface area contributed by atoms with E-state index in [0.717, 1.165) is 30.7 Å². The second kappa shape index (κ2) is 7.91. The van der Waals surface area contributed by atoms with Gasteiger partial charge in [-0.15, -0.1) is 0 Å². The molecule has 0 aliphatic carbocycles. The van der Waals surface area contributed by atoms with E-state index < -0.39 is 5.97 Å². The van der Waals surface area contributed by atoms with Crippen molar-refractivity contribution in [3.05, 3.63) is 64.8 Å². The zero-order chi connectivity index (χ0) is 20.5. The Morgan fingerprint density at radius 1 is 1.24 bits per heavy atom. The lowest BCUT2D eigenvalue weighted by Crippen LogP contribution is -2.39. The third-order valence-corrected chi connectivity index (χ3v) is 6.28. The van der Waals surface area contributed by atoms with Crippen LogP contribution in [0, 0.1) is 6.92 Å². The van der Waals surface area contributed by atoms with Crippen LogP contribution in [-0.2, 0) is 6.54 Å². The van der Waals surface area contributed by atoms with Crippen molar-refractivity contribution < 1.29 is 14.6 Å². The van der Waals surface area contributed by atoms with Crippen LogP contribution in [-0.4, -0.2) is 34.1 Å². The molecule has 5 heteroatoms. The van der Waals surface area contributed by atoms with Gasteiger partial charge in [0, 0.05) is 41.3 Å². The fraction of sp³-hybridized carbons (Fsp3) is 0.375. The van der Waals surface area contributed by atoms with Crippen LogP contribution in [0.4, 0.5) is 0 Å². The monoisotopic (exact) mass is 392 g/mol. The molecule has 2 heterocycles. The Balaban J connectivity index is 1.72. The summed E-state index contributed by atoms with van der Waals surface area (Å²) in [5.74, 6) is 0.0389. The van der Waals surface area contributed by atoms with E-state index in [2.05, 4.69) is 35.9 Å². The normalized spacial score (nSPS) is 20.1. The van der Waals surface area contributed by atoms with Crippen LogP contribution in [0.1, 0.15) is 59.3 Å². The number of hydrogen-bond acceptors (Lipinski definition) is 3. The molecular weight excluding hydrogens is 364 g/mol. The molecular formula is C24H28N2O3. The Bertz CT molecular complexity index is 1020. The zero-order valence-corrected chi connectivity index (χ0v) is 17.2. The number of carbonyl (C=O) groups is 1. The number of fused-ring (bicyclic) bond motifs is 1. The molecule has 1 unspecified atom stereocenters. The van der Waals surface area contributed by atoms with Crippen molar-refractivity contribution in [3.63, 3.8) is 0 Å². The Labute approximate surface area is 171 Å². The molecule has 29 heavy (non-hydrogen) atoms. The maximum absolute atomic E-state index is 11.2. The molecule has 152 valence electrons. The topological polar surface area (TPSA) is 65.6 Å². The highest BCUT2D eigenvalue weighted by molar-refractivity contribution is 5.88. The Morgan fingerprint density at radius 2 is 2.00 bits per heavy atom. The lowest BCUT2D eigenvalue weighted by Gasteiger charge is -2.41. The second-order valence-electron chi connectivity index (χ2n) is 8.04. The largest absolute Gasteiger partial charge is 0.496 e. The van der Waals surface area contributed by atoms with Crippen LogP contribution in [0.15, 0.2) is 42.6 Å². The fourth-order valence-corrected chi connectivity index (χ4v) is 4.68. The lowest BCUT2D eigenvalue weighted by molar-refractivity contribution is 0.0696. The van der Waals surface area contributed by atoms with E-state index in [9.17, 15) is 9.90 Å². The smallest absolute Gasteiger partial charge is 0.335 e. The number of rotatable bonds is 5. The molecule has 0 amide bonds. The SMILES string of the molecule is COc1cc(C)c2[nH]ccc2c1CN1C(c2ccc(C(=O)O)cc2)CCC[C@@H]1C. The van der Waals surface area contributed by atoms with Gasteiger partial charge in [-0.3, -0.25) is 4.90 Å². The number of likely N-dealkylation sites (tertiary alicyclic amines) is 1. The van der Waals surface area contributed by atoms with Crippen molar-refractivity contribution >= 4 is 16.9 Å². The van der Waals surface area contributed by atoms with Crippen LogP contribution in [0.3, 0.4) is 0 Å². The minimum atomic E-state index is -0.885. The Kier molecular flexibility index (Phi) is 5.33. The van der Waals surface area contributed by atoms with E-state index in [-0.39, 0.29) is 6.04 Å². The van der Waals surface area contributed by atoms with Crippen LogP contribution < -0.4 is 4.74 Å². The van der Waals surface area contributed by atoms with E-state index >= 15 is 0 Å². The highest BCUT2D eigenvalue weighted by Gasteiger charge is 2.30. The van der Waals surface area contributed by atoms with Crippen molar-refractivity contribution in [2.45, 2.75) is 51.7 Å². The minimum absolute atomic E-state index is 0.265. The molecule has 0 radical (unpaired) electrons. The maximum atomic E-state index is 11.2. The number of aromatic nitrogens is 1. The second-order valence-corrected chi connectivity index (χ2v) is 8.04.